The van der Waals surface area contributed by atoms with Crippen molar-refractivity contribution < 1.29 is 24.3 Å². The average molecular weight is 607 g/mol. The number of hydrogen-bond acceptors (Lipinski definition) is 5. The lowest BCUT2D eigenvalue weighted by Gasteiger charge is -2.25. The zero-order valence-electron chi connectivity index (χ0n) is 24.8. The Morgan fingerprint density at radius 1 is 0.467 bits per heavy atom. The molecule has 0 heterocycles. The Bertz CT molecular complexity index is 1540. The molecule has 4 aromatic carbocycles. The van der Waals surface area contributed by atoms with Gasteiger partial charge in [-0.2, -0.15) is 0 Å². The molecular weight excluding hydrogens is 568 g/mol. The highest BCUT2D eigenvalue weighted by molar-refractivity contribution is 5.94. The number of carbonyl (C=O) groups is 4. The number of carbonyl (C=O) groups excluding carboxylic acids is 3. The molecule has 6 N–H and O–H groups in total. The smallest absolute Gasteiger partial charge is 0.326 e. The van der Waals surface area contributed by atoms with Crippen LogP contribution in [0.5, 0.6) is 0 Å². The van der Waals surface area contributed by atoms with E-state index in [9.17, 15) is 24.3 Å². The molecule has 0 unspecified atom stereocenters. The summed E-state index contributed by atoms with van der Waals surface area (Å²) >= 11 is 0. The van der Waals surface area contributed by atoms with Crippen LogP contribution in [0.2, 0.25) is 0 Å². The Balaban J connectivity index is 1.53. The van der Waals surface area contributed by atoms with Crippen molar-refractivity contribution in [3.05, 3.63) is 144 Å². The van der Waals surface area contributed by atoms with Crippen LogP contribution in [-0.2, 0) is 44.9 Å². The van der Waals surface area contributed by atoms with E-state index in [1.165, 1.54) is 0 Å². The fourth-order valence-corrected chi connectivity index (χ4v) is 4.95. The fourth-order valence-electron chi connectivity index (χ4n) is 4.95. The van der Waals surface area contributed by atoms with E-state index in [1.807, 2.05) is 97.1 Å². The first-order valence-electron chi connectivity index (χ1n) is 14.8. The predicted molar refractivity (Wildman–Crippen MR) is 172 cm³/mol. The molecule has 0 bridgehead atoms. The van der Waals surface area contributed by atoms with Crippen molar-refractivity contribution in [3.8, 4) is 0 Å². The van der Waals surface area contributed by atoms with Gasteiger partial charge < -0.3 is 26.8 Å². The summed E-state index contributed by atoms with van der Waals surface area (Å²) < 4.78 is 0. The molecule has 45 heavy (non-hydrogen) atoms. The first-order valence-corrected chi connectivity index (χ1v) is 14.8. The number of benzene rings is 4. The highest BCUT2D eigenvalue weighted by atomic mass is 16.4. The van der Waals surface area contributed by atoms with Crippen molar-refractivity contribution >= 4 is 23.7 Å². The normalized spacial score (nSPS) is 13.4. The predicted octanol–water partition coefficient (Wildman–Crippen LogP) is 2.82. The molecular formula is C36H38N4O5. The fraction of sp³-hybridized carbons (Fsp3) is 0.222. The van der Waals surface area contributed by atoms with Gasteiger partial charge in [-0.1, -0.05) is 121 Å². The first-order chi connectivity index (χ1) is 21.8. The van der Waals surface area contributed by atoms with E-state index in [4.69, 9.17) is 5.73 Å². The molecule has 0 fully saturated rings. The van der Waals surface area contributed by atoms with E-state index in [0.717, 1.165) is 22.3 Å². The molecule has 0 aliphatic heterocycles. The lowest BCUT2D eigenvalue weighted by atomic mass is 10.0. The minimum Gasteiger partial charge on any atom is -0.480 e. The second-order valence-corrected chi connectivity index (χ2v) is 10.9. The van der Waals surface area contributed by atoms with Crippen LogP contribution in [0, 0.1) is 0 Å². The van der Waals surface area contributed by atoms with Gasteiger partial charge in [-0.25, -0.2) is 4.79 Å². The summed E-state index contributed by atoms with van der Waals surface area (Å²) in [5, 5.41) is 18.1. The summed E-state index contributed by atoms with van der Waals surface area (Å²) in [6.07, 6.45) is 0.612. The molecule has 0 saturated carbocycles. The second-order valence-electron chi connectivity index (χ2n) is 10.9. The van der Waals surface area contributed by atoms with E-state index in [1.54, 1.807) is 24.3 Å². The molecule has 4 aromatic rings. The van der Waals surface area contributed by atoms with Crippen LogP contribution in [0.15, 0.2) is 121 Å². The second kappa shape index (κ2) is 16.5. The van der Waals surface area contributed by atoms with Crippen LogP contribution in [0.25, 0.3) is 0 Å². The Hall–Kier alpha value is -5.28. The Morgan fingerprint density at radius 2 is 0.756 bits per heavy atom. The van der Waals surface area contributed by atoms with Gasteiger partial charge in [-0.15, -0.1) is 0 Å². The third kappa shape index (κ3) is 10.4. The van der Waals surface area contributed by atoms with E-state index in [2.05, 4.69) is 16.0 Å². The van der Waals surface area contributed by atoms with Crippen LogP contribution in [0.3, 0.4) is 0 Å². The molecule has 0 aromatic heterocycles. The molecule has 0 radical (unpaired) electrons. The molecule has 0 spiro atoms. The maximum absolute atomic E-state index is 13.8. The van der Waals surface area contributed by atoms with Crippen LogP contribution in [-0.4, -0.2) is 53.0 Å². The third-order valence-electron chi connectivity index (χ3n) is 7.36. The maximum atomic E-state index is 13.8. The van der Waals surface area contributed by atoms with Gasteiger partial charge >= 0.3 is 5.97 Å². The van der Waals surface area contributed by atoms with Gasteiger partial charge in [-0.3, -0.25) is 14.4 Å². The van der Waals surface area contributed by atoms with Gasteiger partial charge in [0.25, 0.3) is 0 Å². The zero-order chi connectivity index (χ0) is 32.0. The number of aliphatic carboxylic acids is 1. The van der Waals surface area contributed by atoms with Crippen molar-refractivity contribution in [1.82, 2.24) is 16.0 Å². The summed E-state index contributed by atoms with van der Waals surface area (Å²) in [5.41, 5.74) is 9.41. The SMILES string of the molecule is N[C@H](Cc1ccccc1)C(=O)N[C@H](Cc1ccccc1)C(=O)N[C@H](Cc1ccccc1)C(=O)N[C@H](Cc1ccccc1)C(=O)O. The largest absolute Gasteiger partial charge is 0.480 e. The summed E-state index contributed by atoms with van der Waals surface area (Å²) in [6.45, 7) is 0. The number of nitrogens with one attached hydrogen (secondary N) is 3. The first kappa shape index (κ1) is 32.6. The molecule has 9 nitrogen and oxygen atoms in total. The Labute approximate surface area is 262 Å². The van der Waals surface area contributed by atoms with Crippen molar-refractivity contribution in [2.75, 3.05) is 0 Å². The van der Waals surface area contributed by atoms with E-state index in [0.29, 0.717) is 0 Å². The van der Waals surface area contributed by atoms with Crippen LogP contribution in [0.1, 0.15) is 22.3 Å². The van der Waals surface area contributed by atoms with Crippen LogP contribution < -0.4 is 21.7 Å². The van der Waals surface area contributed by atoms with Crippen LogP contribution in [0.4, 0.5) is 0 Å². The van der Waals surface area contributed by atoms with Crippen LogP contribution >= 0.6 is 0 Å². The quantitative estimate of drug-likeness (QED) is 0.140. The molecule has 0 aliphatic rings. The standard InChI is InChI=1S/C36H38N4O5/c37-29(21-25-13-5-1-6-14-25)33(41)38-30(22-26-15-7-2-8-16-26)34(42)39-31(23-27-17-9-3-10-18-27)35(43)40-32(36(44)45)24-28-19-11-4-12-20-28/h1-20,29-32H,21-24,37H2,(H,38,41)(H,39,42)(H,40,43)(H,44,45)/t29-,30-,31-,32-/m1/s1. The van der Waals surface area contributed by atoms with E-state index < -0.39 is 47.9 Å². The van der Waals surface area contributed by atoms with E-state index >= 15 is 0 Å². The number of carboxylic acids is 1. The van der Waals surface area contributed by atoms with Crippen molar-refractivity contribution in [1.29, 1.82) is 0 Å². The van der Waals surface area contributed by atoms with Gasteiger partial charge in [0.15, 0.2) is 0 Å². The Morgan fingerprint density at radius 3 is 1.11 bits per heavy atom. The highest BCUT2D eigenvalue weighted by Gasteiger charge is 2.31. The number of rotatable bonds is 15. The van der Waals surface area contributed by atoms with Crippen molar-refractivity contribution in [2.24, 2.45) is 5.73 Å². The molecule has 0 saturated heterocycles. The molecule has 9 heteroatoms. The lowest BCUT2D eigenvalue weighted by molar-refractivity contribution is -0.142. The Kier molecular flexibility index (Phi) is 12.0. The van der Waals surface area contributed by atoms with Crippen molar-refractivity contribution in [3.63, 3.8) is 0 Å². The zero-order valence-corrected chi connectivity index (χ0v) is 24.8. The monoisotopic (exact) mass is 606 g/mol. The number of nitrogens with two attached hydrogens (primary N) is 1. The van der Waals surface area contributed by atoms with Gasteiger partial charge in [0.1, 0.15) is 18.1 Å². The summed E-state index contributed by atoms with van der Waals surface area (Å²) in [4.78, 5) is 52.7. The minimum absolute atomic E-state index is 0.0694. The number of carboxylic acid groups (broad SMARTS) is 1. The summed E-state index contributed by atoms with van der Waals surface area (Å²) in [6, 6.07) is 32.3. The highest BCUT2D eigenvalue weighted by Crippen LogP contribution is 2.10. The van der Waals surface area contributed by atoms with Gasteiger partial charge in [0, 0.05) is 19.3 Å². The van der Waals surface area contributed by atoms with Crippen molar-refractivity contribution in [2.45, 2.75) is 49.9 Å². The number of amides is 3. The van der Waals surface area contributed by atoms with E-state index in [-0.39, 0.29) is 25.7 Å². The third-order valence-corrected chi connectivity index (χ3v) is 7.36. The summed E-state index contributed by atoms with van der Waals surface area (Å²) in [5.74, 6) is -2.95. The van der Waals surface area contributed by atoms with Gasteiger partial charge in [0.05, 0.1) is 6.04 Å². The van der Waals surface area contributed by atoms with Gasteiger partial charge in [-0.05, 0) is 28.7 Å². The topological polar surface area (TPSA) is 151 Å². The lowest BCUT2D eigenvalue weighted by Crippen LogP contribution is -2.58. The molecule has 3 amide bonds. The minimum atomic E-state index is -1.22. The molecule has 4 atom stereocenters. The molecule has 232 valence electrons. The van der Waals surface area contributed by atoms with Gasteiger partial charge in [0.2, 0.25) is 17.7 Å². The maximum Gasteiger partial charge on any atom is 0.326 e. The molecule has 4 rings (SSSR count). The average Bonchev–Trinajstić information content (AvgIpc) is 3.05. The number of hydrogen-bond donors (Lipinski definition) is 5. The summed E-state index contributed by atoms with van der Waals surface area (Å²) in [7, 11) is 0. The molecule has 0 aliphatic carbocycles.